The Bertz CT molecular complexity index is 749. The molecule has 8 atom stereocenters. The lowest BCUT2D eigenvalue weighted by Gasteiger charge is -2.61. The topological polar surface area (TPSA) is 115 Å². The highest BCUT2D eigenvalue weighted by Gasteiger charge is 2.60. The monoisotopic (exact) mass is 494 g/mol. The Balaban J connectivity index is 0.000000245. The molecule has 4 fully saturated rings. The number of fused-ring (bicyclic) bond motifs is 5. The van der Waals surface area contributed by atoms with Crippen molar-refractivity contribution in [1.82, 2.24) is 0 Å². The standard InChI is InChI=1S/C21H36O2.C8H14O4/c1-4-14-6-8-17-16-7-5-15-13-21(22,23)12-11-20(15,3)18(16)9-10-19(14,17)2;1-2-6(8(11)12)4-3-5-7(9)10/h14-18,22-23H,4-13H2,1-3H3;6H,2-5H2,1H3,(H,9,10)(H,11,12)/t14-,15?,16-,17-,18-,19+,20-;/m0./s1. The molecule has 0 aromatic heterocycles. The number of carbonyl (C=O) groups is 2. The summed E-state index contributed by atoms with van der Waals surface area (Å²) in [5, 5.41) is 37.2. The van der Waals surface area contributed by atoms with Gasteiger partial charge in [-0.05, 0) is 105 Å². The van der Waals surface area contributed by atoms with Gasteiger partial charge in [0, 0.05) is 19.3 Å². The first kappa shape index (κ1) is 28.4. The summed E-state index contributed by atoms with van der Waals surface area (Å²) in [5.41, 5.74) is 0.967. The minimum atomic E-state index is -1.39. The molecule has 0 aromatic carbocycles. The first-order valence-corrected chi connectivity index (χ1v) is 14.3. The van der Waals surface area contributed by atoms with E-state index >= 15 is 0 Å². The second kappa shape index (κ2) is 11.1. The Morgan fingerprint density at radius 1 is 0.886 bits per heavy atom. The first-order chi connectivity index (χ1) is 16.4. The number of carboxylic acids is 2. The molecule has 0 bridgehead atoms. The number of rotatable bonds is 7. The van der Waals surface area contributed by atoms with Crippen LogP contribution in [0.1, 0.15) is 118 Å². The van der Waals surface area contributed by atoms with E-state index in [4.69, 9.17) is 10.2 Å². The molecular formula is C29H50O6. The molecule has 4 aliphatic carbocycles. The van der Waals surface area contributed by atoms with Crippen molar-refractivity contribution in [2.75, 3.05) is 0 Å². The van der Waals surface area contributed by atoms with Gasteiger partial charge >= 0.3 is 11.9 Å². The number of aliphatic hydroxyl groups is 2. The third kappa shape index (κ3) is 5.89. The maximum atomic E-state index is 10.5. The molecule has 4 N–H and O–H groups in total. The molecule has 0 aromatic rings. The highest BCUT2D eigenvalue weighted by atomic mass is 16.5. The summed E-state index contributed by atoms with van der Waals surface area (Å²) in [6.45, 7) is 9.29. The fourth-order valence-corrected chi connectivity index (χ4v) is 9.01. The molecule has 2 unspecified atom stereocenters. The predicted molar refractivity (Wildman–Crippen MR) is 136 cm³/mol. The van der Waals surface area contributed by atoms with Gasteiger partial charge in [-0.25, -0.2) is 0 Å². The van der Waals surface area contributed by atoms with Gasteiger partial charge in [-0.1, -0.05) is 34.1 Å². The molecule has 6 nitrogen and oxygen atoms in total. The summed E-state index contributed by atoms with van der Waals surface area (Å²) in [4.78, 5) is 20.6. The maximum Gasteiger partial charge on any atom is 0.306 e. The minimum absolute atomic E-state index is 0.0593. The molecule has 0 aliphatic heterocycles. The van der Waals surface area contributed by atoms with Crippen LogP contribution in [0.15, 0.2) is 0 Å². The zero-order valence-electron chi connectivity index (χ0n) is 22.5. The highest BCUT2D eigenvalue weighted by Crippen LogP contribution is 2.68. The Morgan fingerprint density at radius 2 is 1.57 bits per heavy atom. The zero-order chi connectivity index (χ0) is 26.0. The van der Waals surface area contributed by atoms with Gasteiger partial charge in [0.2, 0.25) is 0 Å². The van der Waals surface area contributed by atoms with Crippen molar-refractivity contribution in [3.05, 3.63) is 0 Å². The van der Waals surface area contributed by atoms with Crippen molar-refractivity contribution in [2.45, 2.75) is 123 Å². The summed E-state index contributed by atoms with van der Waals surface area (Å²) >= 11 is 0. The second-order valence-corrected chi connectivity index (χ2v) is 12.8. The molecule has 6 heteroatoms. The number of carboxylic acid groups (broad SMARTS) is 2. The van der Waals surface area contributed by atoms with Gasteiger partial charge in [-0.2, -0.15) is 0 Å². The largest absolute Gasteiger partial charge is 0.481 e. The molecule has 0 radical (unpaired) electrons. The van der Waals surface area contributed by atoms with Crippen molar-refractivity contribution < 1.29 is 30.0 Å². The molecule has 4 saturated carbocycles. The van der Waals surface area contributed by atoms with Crippen LogP contribution in [0, 0.1) is 46.3 Å². The van der Waals surface area contributed by atoms with E-state index in [9.17, 15) is 19.8 Å². The summed E-state index contributed by atoms with van der Waals surface area (Å²) in [6, 6.07) is 0. The van der Waals surface area contributed by atoms with Crippen molar-refractivity contribution >= 4 is 11.9 Å². The molecule has 0 saturated heterocycles. The number of aliphatic carboxylic acids is 2. The van der Waals surface area contributed by atoms with E-state index in [0.29, 0.717) is 48.9 Å². The normalized spacial score (nSPS) is 40.3. The van der Waals surface area contributed by atoms with Crippen LogP contribution in [-0.4, -0.2) is 38.2 Å². The molecule has 0 spiro atoms. The quantitative estimate of drug-likeness (QED) is 0.318. The lowest BCUT2D eigenvalue weighted by Crippen LogP contribution is -2.55. The number of hydrogen-bond donors (Lipinski definition) is 4. The lowest BCUT2D eigenvalue weighted by molar-refractivity contribution is -0.233. The zero-order valence-corrected chi connectivity index (χ0v) is 22.5. The van der Waals surface area contributed by atoms with Gasteiger partial charge in [-0.3, -0.25) is 9.59 Å². The Hall–Kier alpha value is -1.14. The summed E-state index contributed by atoms with van der Waals surface area (Å²) < 4.78 is 0. The second-order valence-electron chi connectivity index (χ2n) is 12.8. The van der Waals surface area contributed by atoms with E-state index in [2.05, 4.69) is 20.8 Å². The average Bonchev–Trinajstić information content (AvgIpc) is 3.13. The molecule has 0 amide bonds. The third-order valence-electron chi connectivity index (χ3n) is 11.2. The molecule has 0 heterocycles. The van der Waals surface area contributed by atoms with Crippen LogP contribution >= 0.6 is 0 Å². The maximum absolute atomic E-state index is 10.5. The average molecular weight is 495 g/mol. The van der Waals surface area contributed by atoms with Gasteiger partial charge < -0.3 is 20.4 Å². The summed E-state index contributed by atoms with van der Waals surface area (Å²) in [5.74, 6) is 0.706. The van der Waals surface area contributed by atoms with Crippen molar-refractivity contribution in [1.29, 1.82) is 0 Å². The van der Waals surface area contributed by atoms with E-state index in [0.717, 1.165) is 30.1 Å². The molecule has 4 rings (SSSR count). The van der Waals surface area contributed by atoms with E-state index in [1.165, 1.54) is 44.9 Å². The first-order valence-electron chi connectivity index (χ1n) is 14.3. The lowest BCUT2D eigenvalue weighted by atomic mass is 9.44. The van der Waals surface area contributed by atoms with Gasteiger partial charge in [0.1, 0.15) is 0 Å². The van der Waals surface area contributed by atoms with Gasteiger partial charge in [0.15, 0.2) is 5.79 Å². The van der Waals surface area contributed by atoms with Gasteiger partial charge in [0.05, 0.1) is 5.92 Å². The highest BCUT2D eigenvalue weighted by molar-refractivity contribution is 5.70. The van der Waals surface area contributed by atoms with Crippen molar-refractivity contribution in [3.63, 3.8) is 0 Å². The SMILES string of the molecule is CCC(CCCC(=O)O)C(=O)O.CC[C@H]1CC[C@H]2[C@@H]3CCC4CC(O)(O)CC[C@]4(C)[C@H]3CC[C@]12C. The fraction of sp³-hybridized carbons (Fsp3) is 0.931. The molecule has 4 aliphatic rings. The predicted octanol–water partition coefficient (Wildman–Crippen LogP) is 6.09. The third-order valence-corrected chi connectivity index (χ3v) is 11.2. The van der Waals surface area contributed by atoms with Gasteiger partial charge in [0.25, 0.3) is 0 Å². The van der Waals surface area contributed by atoms with Crippen LogP contribution in [-0.2, 0) is 9.59 Å². The number of hydrogen-bond acceptors (Lipinski definition) is 4. The van der Waals surface area contributed by atoms with Crippen LogP contribution in [0.3, 0.4) is 0 Å². The van der Waals surface area contributed by atoms with E-state index in [1.807, 2.05) is 0 Å². The van der Waals surface area contributed by atoms with E-state index in [1.54, 1.807) is 6.92 Å². The van der Waals surface area contributed by atoms with Crippen LogP contribution in [0.25, 0.3) is 0 Å². The van der Waals surface area contributed by atoms with Gasteiger partial charge in [-0.15, -0.1) is 0 Å². The van der Waals surface area contributed by atoms with Crippen LogP contribution in [0.4, 0.5) is 0 Å². The molecule has 202 valence electrons. The Morgan fingerprint density at radius 3 is 2.17 bits per heavy atom. The van der Waals surface area contributed by atoms with E-state index in [-0.39, 0.29) is 12.3 Å². The van der Waals surface area contributed by atoms with E-state index < -0.39 is 17.7 Å². The van der Waals surface area contributed by atoms with Crippen molar-refractivity contribution in [3.8, 4) is 0 Å². The summed E-state index contributed by atoms with van der Waals surface area (Å²) in [6.07, 6.45) is 13.4. The van der Waals surface area contributed by atoms with Crippen LogP contribution in [0.2, 0.25) is 0 Å². The van der Waals surface area contributed by atoms with Crippen molar-refractivity contribution in [2.24, 2.45) is 46.3 Å². The van der Waals surface area contributed by atoms with Crippen LogP contribution in [0.5, 0.6) is 0 Å². The summed E-state index contributed by atoms with van der Waals surface area (Å²) in [7, 11) is 0. The Kier molecular flexibility index (Phi) is 9.00. The fourth-order valence-electron chi connectivity index (χ4n) is 9.01. The minimum Gasteiger partial charge on any atom is -0.481 e. The molecular weight excluding hydrogens is 444 g/mol. The Labute approximate surface area is 211 Å². The smallest absolute Gasteiger partial charge is 0.306 e. The van der Waals surface area contributed by atoms with Crippen LogP contribution < -0.4 is 0 Å². The molecule has 35 heavy (non-hydrogen) atoms.